The SMILES string of the molecule is CC(C)(C)OC(=O)N1CC2(C1)CC(OCC(=O)O)(c1cccnc1Br)CO2. The Kier molecular flexibility index (Phi) is 5.22. The molecule has 0 aromatic carbocycles. The van der Waals surface area contributed by atoms with Crippen molar-refractivity contribution in [1.29, 1.82) is 0 Å². The van der Waals surface area contributed by atoms with Crippen LogP contribution >= 0.6 is 15.9 Å². The normalized spacial score (nSPS) is 23.9. The van der Waals surface area contributed by atoms with Crippen LogP contribution in [0.5, 0.6) is 0 Å². The molecule has 1 amide bonds. The lowest BCUT2D eigenvalue weighted by Crippen LogP contribution is -2.64. The number of carbonyl (C=O) groups is 2. The molecular formula is C18H23BrN2O6. The van der Waals surface area contributed by atoms with Crippen molar-refractivity contribution in [3.8, 4) is 0 Å². The minimum atomic E-state index is -1.06. The van der Waals surface area contributed by atoms with Gasteiger partial charge in [0.2, 0.25) is 0 Å². The van der Waals surface area contributed by atoms with Gasteiger partial charge in [0.15, 0.2) is 0 Å². The zero-order valence-electron chi connectivity index (χ0n) is 15.5. The van der Waals surface area contributed by atoms with Gasteiger partial charge in [-0.3, -0.25) is 0 Å². The molecule has 0 radical (unpaired) electrons. The van der Waals surface area contributed by atoms with Gasteiger partial charge in [0.05, 0.1) is 19.7 Å². The number of hydrogen-bond acceptors (Lipinski definition) is 6. The number of pyridine rings is 1. The minimum absolute atomic E-state index is 0.187. The summed E-state index contributed by atoms with van der Waals surface area (Å²) in [6.45, 7) is 5.94. The highest BCUT2D eigenvalue weighted by Crippen LogP contribution is 2.48. The van der Waals surface area contributed by atoms with E-state index >= 15 is 0 Å². The molecule has 148 valence electrons. The molecule has 1 N–H and O–H groups in total. The van der Waals surface area contributed by atoms with Crippen LogP contribution in [-0.4, -0.2) is 64.6 Å². The molecule has 2 fully saturated rings. The molecule has 1 aromatic rings. The van der Waals surface area contributed by atoms with Gasteiger partial charge in [-0.1, -0.05) is 6.07 Å². The van der Waals surface area contributed by atoms with Gasteiger partial charge < -0.3 is 24.2 Å². The van der Waals surface area contributed by atoms with Gasteiger partial charge in [0.1, 0.15) is 28.0 Å². The van der Waals surface area contributed by atoms with Gasteiger partial charge in [-0.2, -0.15) is 0 Å². The number of rotatable bonds is 4. The summed E-state index contributed by atoms with van der Waals surface area (Å²) in [6.07, 6.45) is 1.68. The predicted octanol–water partition coefficient (Wildman–Crippen LogP) is 2.55. The monoisotopic (exact) mass is 442 g/mol. The number of hydrogen-bond donors (Lipinski definition) is 1. The van der Waals surface area contributed by atoms with Crippen molar-refractivity contribution in [2.75, 3.05) is 26.3 Å². The van der Waals surface area contributed by atoms with Crippen molar-refractivity contribution in [2.45, 2.75) is 44.0 Å². The Morgan fingerprint density at radius 3 is 2.70 bits per heavy atom. The smallest absolute Gasteiger partial charge is 0.410 e. The van der Waals surface area contributed by atoms with Gasteiger partial charge in [0.25, 0.3) is 0 Å². The van der Waals surface area contributed by atoms with Crippen LogP contribution in [0.1, 0.15) is 32.8 Å². The van der Waals surface area contributed by atoms with Crippen molar-refractivity contribution in [1.82, 2.24) is 9.88 Å². The van der Waals surface area contributed by atoms with E-state index in [2.05, 4.69) is 20.9 Å². The highest BCUT2D eigenvalue weighted by Gasteiger charge is 2.59. The topological polar surface area (TPSA) is 98.2 Å². The zero-order valence-corrected chi connectivity index (χ0v) is 17.1. The van der Waals surface area contributed by atoms with E-state index in [1.807, 2.05) is 26.8 Å². The van der Waals surface area contributed by atoms with Crippen LogP contribution in [0.4, 0.5) is 4.79 Å². The molecule has 8 nitrogen and oxygen atoms in total. The fourth-order valence-corrected chi connectivity index (χ4v) is 4.08. The number of likely N-dealkylation sites (tertiary alicyclic amines) is 1. The Hall–Kier alpha value is -1.71. The van der Waals surface area contributed by atoms with E-state index in [-0.39, 0.29) is 12.7 Å². The van der Waals surface area contributed by atoms with Crippen molar-refractivity contribution in [2.24, 2.45) is 0 Å². The number of carboxylic acids is 1. The largest absolute Gasteiger partial charge is 0.480 e. The molecule has 1 aromatic heterocycles. The maximum atomic E-state index is 12.2. The van der Waals surface area contributed by atoms with Crippen molar-refractivity contribution in [3.63, 3.8) is 0 Å². The van der Waals surface area contributed by atoms with E-state index in [0.29, 0.717) is 24.1 Å². The summed E-state index contributed by atoms with van der Waals surface area (Å²) in [5.74, 6) is -1.06. The Labute approximate surface area is 165 Å². The standard InChI is InChI=1S/C18H23BrN2O6/c1-16(2,3)27-15(24)21-9-17(10-21)8-18(11-26-17,25-7-13(22)23)12-5-4-6-20-14(12)19/h4-6H,7-11H2,1-3H3,(H,22,23). The lowest BCUT2D eigenvalue weighted by Gasteiger charge is -2.47. The van der Waals surface area contributed by atoms with E-state index in [1.54, 1.807) is 17.2 Å². The van der Waals surface area contributed by atoms with E-state index in [1.165, 1.54) is 0 Å². The minimum Gasteiger partial charge on any atom is -0.480 e. The second-order valence-corrected chi connectivity index (χ2v) is 8.75. The summed E-state index contributed by atoms with van der Waals surface area (Å²) >= 11 is 3.42. The van der Waals surface area contributed by atoms with Crippen LogP contribution < -0.4 is 0 Å². The summed E-state index contributed by atoms with van der Waals surface area (Å²) in [6, 6.07) is 3.61. The first-order valence-electron chi connectivity index (χ1n) is 8.63. The average molecular weight is 443 g/mol. The first-order valence-corrected chi connectivity index (χ1v) is 9.42. The molecule has 0 bridgehead atoms. The van der Waals surface area contributed by atoms with Crippen LogP contribution in [0.3, 0.4) is 0 Å². The number of halogens is 1. The molecule has 1 atom stereocenters. The predicted molar refractivity (Wildman–Crippen MR) is 98.3 cm³/mol. The van der Waals surface area contributed by atoms with Gasteiger partial charge >= 0.3 is 12.1 Å². The van der Waals surface area contributed by atoms with Gasteiger partial charge in [0, 0.05) is 18.2 Å². The number of nitrogens with zero attached hydrogens (tertiary/aromatic N) is 2. The highest BCUT2D eigenvalue weighted by molar-refractivity contribution is 9.10. The molecule has 27 heavy (non-hydrogen) atoms. The molecule has 2 aliphatic rings. The van der Waals surface area contributed by atoms with E-state index in [0.717, 1.165) is 5.56 Å². The van der Waals surface area contributed by atoms with Gasteiger partial charge in [-0.25, -0.2) is 14.6 Å². The maximum Gasteiger partial charge on any atom is 0.410 e. The van der Waals surface area contributed by atoms with E-state index < -0.39 is 29.4 Å². The Balaban J connectivity index is 1.75. The Bertz CT molecular complexity index is 744. The summed E-state index contributed by atoms with van der Waals surface area (Å²) < 4.78 is 17.8. The second-order valence-electron chi connectivity index (χ2n) is 8.00. The first kappa shape index (κ1) is 20.0. The first-order chi connectivity index (χ1) is 12.5. The molecule has 0 saturated carbocycles. The number of carbonyl (C=O) groups excluding carboxylic acids is 1. The number of carboxylic acid groups (broad SMARTS) is 1. The summed E-state index contributed by atoms with van der Waals surface area (Å²) in [7, 11) is 0. The quantitative estimate of drug-likeness (QED) is 0.715. The van der Waals surface area contributed by atoms with Crippen LogP contribution in [0, 0.1) is 0 Å². The second kappa shape index (κ2) is 7.03. The summed E-state index contributed by atoms with van der Waals surface area (Å²) in [4.78, 5) is 29.1. The third kappa shape index (κ3) is 4.25. The van der Waals surface area contributed by atoms with Crippen molar-refractivity contribution >= 4 is 28.0 Å². The molecule has 1 unspecified atom stereocenters. The molecule has 2 saturated heterocycles. The van der Waals surface area contributed by atoms with Crippen LogP contribution in [0.25, 0.3) is 0 Å². The van der Waals surface area contributed by atoms with Crippen LogP contribution in [0.2, 0.25) is 0 Å². The average Bonchev–Trinajstić information content (AvgIpc) is 2.92. The molecule has 3 heterocycles. The number of aliphatic carboxylic acids is 1. The fourth-order valence-electron chi connectivity index (χ4n) is 3.47. The fraction of sp³-hybridized carbons (Fsp3) is 0.611. The Morgan fingerprint density at radius 1 is 1.41 bits per heavy atom. The van der Waals surface area contributed by atoms with Gasteiger partial charge in [-0.15, -0.1) is 0 Å². The highest BCUT2D eigenvalue weighted by atomic mass is 79.9. The molecule has 1 spiro atoms. The van der Waals surface area contributed by atoms with Crippen LogP contribution in [0.15, 0.2) is 22.9 Å². The number of ether oxygens (including phenoxy) is 3. The lowest BCUT2D eigenvalue weighted by atomic mass is 9.82. The maximum absolute atomic E-state index is 12.2. The van der Waals surface area contributed by atoms with Gasteiger partial charge in [-0.05, 0) is 42.8 Å². The summed E-state index contributed by atoms with van der Waals surface area (Å²) in [5.41, 5.74) is -1.35. The van der Waals surface area contributed by atoms with Crippen LogP contribution in [-0.2, 0) is 24.6 Å². The molecule has 3 rings (SSSR count). The van der Waals surface area contributed by atoms with Crippen molar-refractivity contribution < 1.29 is 28.9 Å². The van der Waals surface area contributed by atoms with Crippen molar-refractivity contribution in [3.05, 3.63) is 28.5 Å². The third-order valence-electron chi connectivity index (χ3n) is 4.55. The molecule has 0 aliphatic carbocycles. The third-order valence-corrected chi connectivity index (χ3v) is 5.18. The molecule has 2 aliphatic heterocycles. The number of amides is 1. The zero-order chi connectivity index (χ0) is 19.9. The molecule has 9 heteroatoms. The Morgan fingerprint density at radius 2 is 2.11 bits per heavy atom. The lowest BCUT2D eigenvalue weighted by molar-refractivity contribution is -0.150. The van der Waals surface area contributed by atoms with E-state index in [9.17, 15) is 9.59 Å². The molecular weight excluding hydrogens is 420 g/mol. The summed E-state index contributed by atoms with van der Waals surface area (Å²) in [5, 5.41) is 9.07. The van der Waals surface area contributed by atoms with E-state index in [4.69, 9.17) is 19.3 Å². The number of aromatic nitrogens is 1.